The lowest BCUT2D eigenvalue weighted by atomic mass is 10.1. The van der Waals surface area contributed by atoms with Gasteiger partial charge in [0, 0.05) is 23.3 Å². The minimum Gasteiger partial charge on any atom is -0.320 e. The molecule has 0 fully saturated rings. The second-order valence-corrected chi connectivity index (χ2v) is 8.86. The van der Waals surface area contributed by atoms with Crippen LogP contribution in [-0.4, -0.2) is 44.8 Å². The number of hydrogen-bond donors (Lipinski definition) is 1. The molecule has 1 amide bonds. The molecule has 10 nitrogen and oxygen atoms in total. The second kappa shape index (κ2) is 8.98. The molecule has 5 heterocycles. The van der Waals surface area contributed by atoms with Crippen LogP contribution in [0.1, 0.15) is 40.3 Å². The Labute approximate surface area is 212 Å². The summed E-state index contributed by atoms with van der Waals surface area (Å²) >= 11 is 0. The molecule has 0 bridgehead atoms. The van der Waals surface area contributed by atoms with Crippen molar-refractivity contribution in [1.29, 1.82) is 0 Å². The molecule has 0 spiro atoms. The molecule has 0 atom stereocenters. The van der Waals surface area contributed by atoms with Crippen molar-refractivity contribution >= 4 is 28.1 Å². The molecule has 0 unspecified atom stereocenters. The minimum atomic E-state index is -0.250. The van der Waals surface area contributed by atoms with Crippen molar-refractivity contribution in [2.75, 3.05) is 5.32 Å². The summed E-state index contributed by atoms with van der Waals surface area (Å²) < 4.78 is 5.44. The Balaban J connectivity index is 1.33. The molecule has 5 aromatic heterocycles. The van der Waals surface area contributed by atoms with Crippen LogP contribution in [0.2, 0.25) is 0 Å². The van der Waals surface area contributed by atoms with E-state index in [0.717, 1.165) is 45.9 Å². The van der Waals surface area contributed by atoms with Crippen LogP contribution < -0.4 is 5.32 Å². The molecule has 184 valence electrons. The zero-order valence-corrected chi connectivity index (χ0v) is 20.8. The summed E-state index contributed by atoms with van der Waals surface area (Å²) in [6.07, 6.45) is 5.64. The first-order valence-corrected chi connectivity index (χ1v) is 12.1. The molecule has 6 rings (SSSR count). The predicted octanol–water partition coefficient (Wildman–Crippen LogP) is 4.14. The average molecular weight is 492 g/mol. The maximum atomic E-state index is 13.4. The summed E-state index contributed by atoms with van der Waals surface area (Å²) in [6.45, 7) is 6.48. The zero-order chi connectivity index (χ0) is 25.5. The number of nitrogens with zero attached hydrogens (tertiary/aromatic N) is 8. The highest BCUT2D eigenvalue weighted by atomic mass is 16.2. The maximum Gasteiger partial charge on any atom is 0.274 e. The third-order valence-corrected chi connectivity index (χ3v) is 6.38. The number of benzene rings is 1. The highest BCUT2D eigenvalue weighted by Crippen LogP contribution is 2.28. The Bertz CT molecular complexity index is 1780. The van der Waals surface area contributed by atoms with Crippen molar-refractivity contribution in [2.24, 2.45) is 0 Å². The molecule has 6 aromatic rings. The quantitative estimate of drug-likeness (QED) is 0.375. The highest BCUT2D eigenvalue weighted by Gasteiger charge is 2.18. The molecule has 1 N–H and O–H groups in total. The number of nitrogens with one attached hydrogen (secondary N) is 1. The molecule has 10 heteroatoms. The largest absolute Gasteiger partial charge is 0.320 e. The molecule has 37 heavy (non-hydrogen) atoms. The van der Waals surface area contributed by atoms with Crippen molar-refractivity contribution in [3.8, 4) is 5.69 Å². The van der Waals surface area contributed by atoms with Crippen LogP contribution in [0.25, 0.3) is 22.2 Å². The van der Waals surface area contributed by atoms with Gasteiger partial charge in [0.05, 0.1) is 41.0 Å². The van der Waals surface area contributed by atoms with E-state index in [4.69, 9.17) is 5.10 Å². The number of rotatable bonds is 6. The molecule has 0 radical (unpaired) electrons. The monoisotopic (exact) mass is 491 g/mol. The molecule has 0 aliphatic heterocycles. The van der Waals surface area contributed by atoms with E-state index in [1.165, 1.54) is 6.33 Å². The van der Waals surface area contributed by atoms with Crippen molar-refractivity contribution in [2.45, 2.75) is 33.7 Å². The van der Waals surface area contributed by atoms with Gasteiger partial charge in [0.25, 0.3) is 5.91 Å². The maximum absolute atomic E-state index is 13.4. The highest BCUT2D eigenvalue weighted by molar-refractivity contribution is 6.08. The summed E-state index contributed by atoms with van der Waals surface area (Å²) in [6, 6.07) is 15.6. The van der Waals surface area contributed by atoms with Crippen molar-refractivity contribution in [1.82, 2.24) is 38.9 Å². The molecule has 1 aromatic carbocycles. The van der Waals surface area contributed by atoms with E-state index in [1.807, 2.05) is 73.3 Å². The van der Waals surface area contributed by atoms with Crippen LogP contribution in [0.15, 0.2) is 67.3 Å². The first-order chi connectivity index (χ1) is 18.0. The van der Waals surface area contributed by atoms with Gasteiger partial charge in [-0.3, -0.25) is 18.9 Å². The fourth-order valence-corrected chi connectivity index (χ4v) is 4.63. The van der Waals surface area contributed by atoms with Crippen LogP contribution in [0.5, 0.6) is 0 Å². The van der Waals surface area contributed by atoms with E-state index < -0.39 is 0 Å². The normalized spacial score (nSPS) is 11.4. The number of anilines is 1. The van der Waals surface area contributed by atoms with Crippen LogP contribution in [0.3, 0.4) is 0 Å². The molecule has 0 aliphatic rings. The van der Waals surface area contributed by atoms with E-state index in [1.54, 1.807) is 15.3 Å². The number of amides is 1. The third kappa shape index (κ3) is 4.02. The van der Waals surface area contributed by atoms with Gasteiger partial charge in [-0.15, -0.1) is 0 Å². The Morgan fingerprint density at radius 3 is 2.70 bits per heavy atom. The number of fused-ring (bicyclic) bond motifs is 2. The van der Waals surface area contributed by atoms with Gasteiger partial charge in [0.15, 0.2) is 0 Å². The Morgan fingerprint density at radius 1 is 1.05 bits per heavy atom. The number of aromatic nitrogens is 8. The number of carbonyl (C=O) groups excluding carboxylic acids is 1. The molecule has 0 aliphatic carbocycles. The minimum absolute atomic E-state index is 0.250. The van der Waals surface area contributed by atoms with Gasteiger partial charge in [-0.1, -0.05) is 19.1 Å². The smallest absolute Gasteiger partial charge is 0.274 e. The number of aryl methyl sites for hydroxylation is 3. The lowest BCUT2D eigenvalue weighted by Gasteiger charge is -2.09. The van der Waals surface area contributed by atoms with Gasteiger partial charge in [-0.05, 0) is 50.6 Å². The molecule has 0 saturated heterocycles. The van der Waals surface area contributed by atoms with Gasteiger partial charge in [0.2, 0.25) is 0 Å². The van der Waals surface area contributed by atoms with E-state index in [2.05, 4.69) is 32.3 Å². The lowest BCUT2D eigenvalue weighted by Crippen LogP contribution is -2.14. The second-order valence-electron chi connectivity index (χ2n) is 8.86. The van der Waals surface area contributed by atoms with E-state index in [-0.39, 0.29) is 5.91 Å². The molecular weight excluding hydrogens is 466 g/mol. The lowest BCUT2D eigenvalue weighted by molar-refractivity contribution is 0.102. The van der Waals surface area contributed by atoms with Crippen LogP contribution in [-0.2, 0) is 13.0 Å². The molecule has 0 saturated carbocycles. The molecular formula is C27H25N9O. The van der Waals surface area contributed by atoms with Gasteiger partial charge in [-0.25, -0.2) is 14.6 Å². The number of pyridine rings is 2. The summed E-state index contributed by atoms with van der Waals surface area (Å²) in [5.41, 5.74) is 6.39. The Hall–Kier alpha value is -4.86. The first-order valence-electron chi connectivity index (χ1n) is 12.1. The summed E-state index contributed by atoms with van der Waals surface area (Å²) in [5.74, 6) is 0.521. The Kier molecular flexibility index (Phi) is 5.48. The number of hydrogen-bond acceptors (Lipinski definition) is 6. The Morgan fingerprint density at radius 2 is 1.92 bits per heavy atom. The summed E-state index contributed by atoms with van der Waals surface area (Å²) in [7, 11) is 0. The van der Waals surface area contributed by atoms with Gasteiger partial charge in [-0.2, -0.15) is 10.2 Å². The predicted molar refractivity (Wildman–Crippen MR) is 140 cm³/mol. The van der Waals surface area contributed by atoms with Crippen molar-refractivity contribution in [3.05, 3.63) is 95.9 Å². The van der Waals surface area contributed by atoms with Crippen LogP contribution in [0, 0.1) is 13.8 Å². The summed E-state index contributed by atoms with van der Waals surface area (Å²) in [4.78, 5) is 26.6. The average Bonchev–Trinajstić information content (AvgIpc) is 3.61. The van der Waals surface area contributed by atoms with Gasteiger partial charge >= 0.3 is 0 Å². The van der Waals surface area contributed by atoms with Crippen LogP contribution >= 0.6 is 0 Å². The number of imidazole rings is 1. The fraction of sp³-hybridized carbons (Fsp3) is 0.185. The van der Waals surface area contributed by atoms with Crippen molar-refractivity contribution < 1.29 is 4.79 Å². The standard InChI is InChI=1S/C27H25N9O/c1-4-21-26-22(9-6-10-23(26)35(33-21)15-19-8-5-7-17(2)31-19)32-27(37)24-14-28-25-13-20(11-12-34(24)25)36-18(3)29-16-30-36/h5-14,16H,4,15H2,1-3H3,(H,32,37). The van der Waals surface area contributed by atoms with Crippen LogP contribution in [0.4, 0.5) is 5.69 Å². The van der Waals surface area contributed by atoms with E-state index in [9.17, 15) is 4.79 Å². The first kappa shape index (κ1) is 22.6. The van der Waals surface area contributed by atoms with Gasteiger partial charge < -0.3 is 5.32 Å². The third-order valence-electron chi connectivity index (χ3n) is 6.38. The van der Waals surface area contributed by atoms with E-state index >= 15 is 0 Å². The SMILES string of the molecule is CCc1nn(Cc2cccc(C)n2)c2cccc(NC(=O)c3cnc4cc(-n5ncnc5C)ccn34)c12. The fourth-order valence-electron chi connectivity index (χ4n) is 4.63. The summed E-state index contributed by atoms with van der Waals surface area (Å²) in [5, 5.41) is 13.1. The van der Waals surface area contributed by atoms with Gasteiger partial charge in [0.1, 0.15) is 23.5 Å². The topological polar surface area (TPSA) is 108 Å². The van der Waals surface area contributed by atoms with Crippen molar-refractivity contribution in [3.63, 3.8) is 0 Å². The van der Waals surface area contributed by atoms with E-state index in [0.29, 0.717) is 23.6 Å². The number of carbonyl (C=O) groups is 1. The zero-order valence-electron chi connectivity index (χ0n) is 20.8.